The number of nitrogens with zero attached hydrogens (tertiary/aromatic N) is 6. The molecule has 6 aromatic rings. The number of nitrogen functional groups attached to an aromatic ring is 2. The van der Waals surface area contributed by atoms with Crippen molar-refractivity contribution < 1.29 is 78.3 Å². The maximum atomic E-state index is 11.9. The van der Waals surface area contributed by atoms with E-state index in [-0.39, 0.29) is 53.0 Å². The van der Waals surface area contributed by atoms with Crippen molar-refractivity contribution in [3.05, 3.63) is 48.0 Å². The summed E-state index contributed by atoms with van der Waals surface area (Å²) in [6, 6.07) is 11.2. The fraction of sp³-hybridized carbons (Fsp3) is 0.672. The molecule has 5 atom stereocenters. The lowest BCUT2D eigenvalue weighted by Gasteiger charge is -2.19. The van der Waals surface area contributed by atoms with Gasteiger partial charge in [-0.1, -0.05) is 116 Å². The summed E-state index contributed by atoms with van der Waals surface area (Å²) in [7, 11) is -7.84. The predicted molar refractivity (Wildman–Crippen MR) is 360 cm³/mol. The molecule has 0 spiro atoms. The van der Waals surface area contributed by atoms with Gasteiger partial charge < -0.3 is 59.5 Å². The van der Waals surface area contributed by atoms with E-state index < -0.39 is 31.9 Å². The maximum Gasteiger partial charge on any atom is 0.523 e. The van der Waals surface area contributed by atoms with Gasteiger partial charge in [0.1, 0.15) is 54.1 Å². The summed E-state index contributed by atoms with van der Waals surface area (Å²) in [5.41, 5.74) is 11.9. The molecule has 0 saturated heterocycles. The first-order valence-electron chi connectivity index (χ1n) is 31.0. The molecule has 0 saturated carbocycles. The number of ether oxygens (including phenoxy) is 3. The first kappa shape index (κ1) is 86.4. The highest BCUT2D eigenvalue weighted by Gasteiger charge is 2.46. The Kier molecular flexibility index (Phi) is 44.1. The Morgan fingerprint density at radius 2 is 1.18 bits per heavy atom. The van der Waals surface area contributed by atoms with Crippen molar-refractivity contribution in [2.75, 3.05) is 91.8 Å². The van der Waals surface area contributed by atoms with Gasteiger partial charge in [-0.25, -0.2) is 29.6 Å². The predicted octanol–water partition coefficient (Wildman–Crippen LogP) is 12.6. The van der Waals surface area contributed by atoms with Crippen LogP contribution in [0, 0.1) is 17.8 Å². The number of nitrogens with two attached hydrogens (primary N) is 2. The van der Waals surface area contributed by atoms with Gasteiger partial charge in [0.2, 0.25) is 0 Å². The SMILES string of the molecule is C.CC.CCCCc1nc2c(N)nc3cc(OCCO)ccc3c2n1CCC.CCCCc1nc2c(N)nc3cc(OCCOP(=O)(O)OC[C@H](C)CC)ccc3c2n1CCO.CCOCNP(NC)OC[C@H](C)CC.CC[C@@H](C)CO.COS(=O)(=O)C(F)(F)F. The van der Waals surface area contributed by atoms with E-state index in [1.807, 2.05) is 77.4 Å². The summed E-state index contributed by atoms with van der Waals surface area (Å²) < 4.78 is 104. The number of phosphoric ester groups is 1. The number of aliphatic hydroxyl groups excluding tert-OH is 3. The van der Waals surface area contributed by atoms with E-state index in [0.717, 1.165) is 128 Å². The molecule has 2 aromatic carbocycles. The number of anilines is 2. The van der Waals surface area contributed by atoms with Gasteiger partial charge in [-0.2, -0.15) is 21.6 Å². The van der Waals surface area contributed by atoms with Gasteiger partial charge >= 0.3 is 23.4 Å². The van der Waals surface area contributed by atoms with Crippen LogP contribution in [-0.2, 0) is 63.1 Å². The molecule has 0 fully saturated rings. The standard InChI is InChI=1S/C23H35N4O6P.C19H26N4O2.C9H23N2O2P.C5H12O.C2H3F3O3S.C2H6.CH4/c1-4-6-7-20-26-21-22(27(20)10-11-28)18-9-8-17(14-19(18)25-23(21)24)31-12-13-32-34(29,30)33-15-16(3)5-2;1-3-5-6-16-22-17-18(23(16)9-4-2)14-8-7-13(25-11-10-24)12-15(14)21-19(17)20;1-5-9(3)7-13-14(10-4)11-8-12-6-2;1-3-5(2)4-6;1-8-9(6,7)2(3,4)5;1-2;/h8-9,14,16,28H,4-7,10-13,15H2,1-3H3,(H2,24,25)(H,29,30);7-8,12,24H,3-6,9-11H2,1-2H3,(H2,20,21);9-11H,5-8H2,1-4H3;5-6H,3-4H2,1-2H3;1H3;1-2H3;1H4/t16-;;9-,14?;5-;;;/m1.11.../s1. The molecule has 524 valence electrons. The number of hydrogen-bond acceptors (Lipinski definition) is 21. The first-order valence-corrected chi connectivity index (χ1v) is 35.2. The summed E-state index contributed by atoms with van der Waals surface area (Å²) in [5.74, 6) is 5.21. The minimum atomic E-state index is -5.34. The fourth-order valence-corrected chi connectivity index (χ4v) is 9.71. The highest BCUT2D eigenvalue weighted by atomic mass is 32.2. The van der Waals surface area contributed by atoms with Crippen LogP contribution in [0.5, 0.6) is 11.5 Å². The number of aryl methyl sites for hydroxylation is 3. The molecular formula is C61H109F3N10O14P2S. The number of phosphoric acid groups is 1. The van der Waals surface area contributed by atoms with Crippen LogP contribution < -0.4 is 31.1 Å². The number of aromatic nitrogens is 6. The van der Waals surface area contributed by atoms with Crippen LogP contribution in [0.4, 0.5) is 24.8 Å². The number of aliphatic hydroxyl groups is 3. The van der Waals surface area contributed by atoms with Crippen molar-refractivity contribution in [2.24, 2.45) is 17.8 Å². The minimum Gasteiger partial charge on any atom is -0.491 e. The molecule has 0 aliphatic carbocycles. The van der Waals surface area contributed by atoms with Gasteiger partial charge in [-0.15, -0.1) is 0 Å². The highest BCUT2D eigenvalue weighted by Crippen LogP contribution is 2.43. The van der Waals surface area contributed by atoms with Gasteiger partial charge in [0, 0.05) is 62.1 Å². The molecule has 0 amide bonds. The molecular weight excluding hydrogens is 1250 g/mol. The number of imidazole rings is 2. The fourth-order valence-electron chi connectivity index (χ4n) is 7.70. The number of halogens is 3. The number of hydrogen-bond donors (Lipinski definition) is 8. The number of benzene rings is 2. The molecule has 2 unspecified atom stereocenters. The molecule has 0 aliphatic heterocycles. The zero-order valence-electron chi connectivity index (χ0n) is 55.4. The molecule has 4 aromatic heterocycles. The Morgan fingerprint density at radius 3 is 1.56 bits per heavy atom. The molecule has 30 heteroatoms. The van der Waals surface area contributed by atoms with Gasteiger partial charge in [0.15, 0.2) is 20.1 Å². The number of alkyl halides is 3. The number of nitrogens with one attached hydrogen (secondary N) is 2. The average Bonchev–Trinajstić information content (AvgIpc) is 1.66. The van der Waals surface area contributed by atoms with Gasteiger partial charge in [0.05, 0.1) is 62.2 Å². The summed E-state index contributed by atoms with van der Waals surface area (Å²) in [4.78, 5) is 28.3. The Morgan fingerprint density at radius 1 is 0.692 bits per heavy atom. The third-order valence-corrected chi connectivity index (χ3v) is 16.6. The number of pyridine rings is 2. The lowest BCUT2D eigenvalue weighted by molar-refractivity contribution is -0.0526. The third kappa shape index (κ3) is 29.7. The molecule has 24 nitrogen and oxygen atoms in total. The second kappa shape index (κ2) is 46.4. The summed E-state index contributed by atoms with van der Waals surface area (Å²) in [5, 5.41) is 35.0. The van der Waals surface area contributed by atoms with Crippen molar-refractivity contribution in [2.45, 2.75) is 173 Å². The zero-order valence-corrected chi connectivity index (χ0v) is 58.0. The van der Waals surface area contributed by atoms with Crippen molar-refractivity contribution in [3.8, 4) is 11.5 Å². The topological polar surface area (TPSA) is 334 Å². The van der Waals surface area contributed by atoms with E-state index in [4.69, 9.17) is 59.4 Å². The lowest BCUT2D eigenvalue weighted by atomic mass is 10.1. The average molecular weight is 1360 g/mol. The van der Waals surface area contributed by atoms with Crippen molar-refractivity contribution in [3.63, 3.8) is 0 Å². The summed E-state index contributed by atoms with van der Waals surface area (Å²) in [6.45, 7) is 28.9. The number of fused-ring (bicyclic) bond motifs is 6. The van der Waals surface area contributed by atoms with Crippen molar-refractivity contribution in [1.29, 1.82) is 0 Å². The number of unbranched alkanes of at least 4 members (excludes halogenated alkanes) is 2. The third-order valence-electron chi connectivity index (χ3n) is 13.4. The highest BCUT2D eigenvalue weighted by molar-refractivity contribution is 7.87. The quantitative estimate of drug-likeness (QED) is 0.00612. The molecule has 6 rings (SSSR count). The van der Waals surface area contributed by atoms with E-state index >= 15 is 0 Å². The smallest absolute Gasteiger partial charge is 0.491 e. The second-order valence-electron chi connectivity index (χ2n) is 20.5. The van der Waals surface area contributed by atoms with E-state index in [1.54, 1.807) is 12.1 Å². The van der Waals surface area contributed by atoms with Gasteiger partial charge in [-0.3, -0.25) is 18.3 Å². The second-order valence-corrected chi connectivity index (χ2v) is 25.2. The monoisotopic (exact) mass is 1360 g/mol. The summed E-state index contributed by atoms with van der Waals surface area (Å²) in [6.07, 6.45) is 10.1. The molecule has 0 radical (unpaired) electrons. The Balaban J connectivity index is 0.00000124. The van der Waals surface area contributed by atoms with Crippen LogP contribution in [-0.4, -0.2) is 144 Å². The zero-order chi connectivity index (χ0) is 68.0. The van der Waals surface area contributed by atoms with Crippen molar-refractivity contribution >= 4 is 81.9 Å². The Labute approximate surface area is 539 Å². The molecule has 4 heterocycles. The van der Waals surface area contributed by atoms with Crippen LogP contribution >= 0.6 is 16.3 Å². The molecule has 0 bridgehead atoms. The van der Waals surface area contributed by atoms with E-state index in [2.05, 4.69) is 70.4 Å². The lowest BCUT2D eigenvalue weighted by Crippen LogP contribution is -2.23. The van der Waals surface area contributed by atoms with Crippen LogP contribution in [0.15, 0.2) is 36.4 Å². The van der Waals surface area contributed by atoms with Gasteiger partial charge in [0.25, 0.3) is 0 Å². The Hall–Kier alpha value is -4.64. The minimum absolute atomic E-state index is 0. The largest absolute Gasteiger partial charge is 0.523 e. The normalized spacial score (nSPS) is 13.3. The maximum absolute atomic E-state index is 11.9. The van der Waals surface area contributed by atoms with E-state index in [0.29, 0.717) is 73.0 Å². The molecule has 0 aliphatic rings. The number of rotatable bonds is 34. The van der Waals surface area contributed by atoms with Crippen LogP contribution in [0.3, 0.4) is 0 Å². The van der Waals surface area contributed by atoms with Gasteiger partial charge in [-0.05, 0) is 75.3 Å². The first-order chi connectivity index (χ1) is 42.8. The van der Waals surface area contributed by atoms with E-state index in [9.17, 15) is 36.2 Å². The summed E-state index contributed by atoms with van der Waals surface area (Å²) >= 11 is 0. The molecule has 91 heavy (non-hydrogen) atoms. The van der Waals surface area contributed by atoms with Crippen LogP contribution in [0.2, 0.25) is 0 Å². The molecule has 10 N–H and O–H groups in total. The van der Waals surface area contributed by atoms with Crippen LogP contribution in [0.25, 0.3) is 43.9 Å². The van der Waals surface area contributed by atoms with Crippen molar-refractivity contribution in [1.82, 2.24) is 39.2 Å². The van der Waals surface area contributed by atoms with Crippen LogP contribution in [0.1, 0.15) is 154 Å². The van der Waals surface area contributed by atoms with E-state index in [1.165, 1.54) is 0 Å². The Bertz CT molecular complexity index is 3110.